The monoisotopic (exact) mass is 335 g/mol. The van der Waals surface area contributed by atoms with Gasteiger partial charge in [-0.15, -0.1) is 0 Å². The molecule has 5 heteroatoms. The number of aliphatic hydroxyl groups excluding tert-OH is 1. The smallest absolute Gasteiger partial charge is 0.257 e. The van der Waals surface area contributed by atoms with Gasteiger partial charge in [0.05, 0.1) is 11.7 Å². The first-order chi connectivity index (χ1) is 11.3. The SMILES string of the molecule is CCO[C@H]1CN(C(=O)c2cc(C(C)C)cc(C(C)C)c2O)C[C@@H]1O. The molecule has 1 aromatic rings. The van der Waals surface area contributed by atoms with E-state index in [1.54, 1.807) is 11.0 Å². The van der Waals surface area contributed by atoms with Crippen LogP contribution >= 0.6 is 0 Å². The zero-order chi connectivity index (χ0) is 18.0. The van der Waals surface area contributed by atoms with E-state index in [1.165, 1.54) is 0 Å². The maximum Gasteiger partial charge on any atom is 0.257 e. The van der Waals surface area contributed by atoms with E-state index in [4.69, 9.17) is 4.74 Å². The maximum atomic E-state index is 12.9. The summed E-state index contributed by atoms with van der Waals surface area (Å²) in [6.45, 7) is 11.1. The van der Waals surface area contributed by atoms with Crippen LogP contribution in [0.1, 0.15) is 67.9 Å². The third-order valence-corrected chi connectivity index (χ3v) is 4.59. The van der Waals surface area contributed by atoms with Gasteiger partial charge < -0.3 is 19.8 Å². The fraction of sp³-hybridized carbons (Fsp3) is 0.632. The summed E-state index contributed by atoms with van der Waals surface area (Å²) < 4.78 is 5.48. The first-order valence-corrected chi connectivity index (χ1v) is 8.71. The van der Waals surface area contributed by atoms with Crippen molar-refractivity contribution < 1.29 is 19.7 Å². The highest BCUT2D eigenvalue weighted by Crippen LogP contribution is 2.34. The molecule has 1 aromatic carbocycles. The van der Waals surface area contributed by atoms with Gasteiger partial charge in [-0.1, -0.05) is 33.8 Å². The Kier molecular flexibility index (Phi) is 5.88. The first kappa shape index (κ1) is 18.7. The largest absolute Gasteiger partial charge is 0.507 e. The molecule has 1 aliphatic rings. The molecule has 0 spiro atoms. The molecule has 1 aliphatic heterocycles. The van der Waals surface area contributed by atoms with Gasteiger partial charge >= 0.3 is 0 Å². The fourth-order valence-corrected chi connectivity index (χ4v) is 3.09. The van der Waals surface area contributed by atoms with Crippen molar-refractivity contribution in [2.75, 3.05) is 19.7 Å². The van der Waals surface area contributed by atoms with Crippen molar-refractivity contribution in [2.24, 2.45) is 0 Å². The molecule has 1 amide bonds. The van der Waals surface area contributed by atoms with Crippen LogP contribution in [-0.4, -0.2) is 52.9 Å². The van der Waals surface area contributed by atoms with Crippen molar-refractivity contribution in [1.82, 2.24) is 4.90 Å². The summed E-state index contributed by atoms with van der Waals surface area (Å²) in [5.41, 5.74) is 2.13. The number of hydrogen-bond acceptors (Lipinski definition) is 4. The Labute approximate surface area is 144 Å². The number of ether oxygens (including phenoxy) is 1. The normalized spacial score (nSPS) is 21.1. The van der Waals surface area contributed by atoms with Crippen molar-refractivity contribution >= 4 is 5.91 Å². The molecule has 1 fully saturated rings. The molecule has 1 saturated heterocycles. The Hall–Kier alpha value is -1.59. The summed E-state index contributed by atoms with van der Waals surface area (Å²) in [6, 6.07) is 3.75. The van der Waals surface area contributed by atoms with Crippen LogP contribution in [0.3, 0.4) is 0 Å². The van der Waals surface area contributed by atoms with Gasteiger partial charge in [-0.05, 0) is 36.0 Å². The molecule has 2 rings (SSSR count). The molecule has 5 nitrogen and oxygen atoms in total. The van der Waals surface area contributed by atoms with Gasteiger partial charge in [0.2, 0.25) is 0 Å². The number of nitrogens with zero attached hydrogens (tertiary/aromatic N) is 1. The van der Waals surface area contributed by atoms with Crippen molar-refractivity contribution in [3.05, 3.63) is 28.8 Å². The quantitative estimate of drug-likeness (QED) is 0.868. The number of carbonyl (C=O) groups excluding carboxylic acids is 1. The topological polar surface area (TPSA) is 70.0 Å². The van der Waals surface area contributed by atoms with Gasteiger partial charge in [0.1, 0.15) is 11.9 Å². The molecule has 2 N–H and O–H groups in total. The minimum atomic E-state index is -0.686. The number of benzene rings is 1. The lowest BCUT2D eigenvalue weighted by atomic mass is 9.91. The summed E-state index contributed by atoms with van der Waals surface area (Å²) in [5.74, 6) is 0.178. The molecular formula is C19H29NO4. The Morgan fingerprint density at radius 1 is 1.25 bits per heavy atom. The Bertz CT molecular complexity index is 597. The molecular weight excluding hydrogens is 306 g/mol. The highest BCUT2D eigenvalue weighted by atomic mass is 16.5. The van der Waals surface area contributed by atoms with Gasteiger partial charge in [-0.3, -0.25) is 4.79 Å². The summed E-state index contributed by atoms with van der Waals surface area (Å²) in [5, 5.41) is 20.6. The first-order valence-electron chi connectivity index (χ1n) is 8.71. The van der Waals surface area contributed by atoms with Crippen LogP contribution in [0, 0.1) is 0 Å². The molecule has 0 unspecified atom stereocenters. The van der Waals surface area contributed by atoms with Gasteiger partial charge in [0.25, 0.3) is 5.91 Å². The molecule has 0 saturated carbocycles. The van der Waals surface area contributed by atoms with Gasteiger partial charge in [-0.2, -0.15) is 0 Å². The number of β-amino-alcohol motifs (C(OH)–C–C–N with tert-alkyl or cyclic N) is 1. The fourth-order valence-electron chi connectivity index (χ4n) is 3.09. The van der Waals surface area contributed by atoms with Crippen LogP contribution in [0.5, 0.6) is 5.75 Å². The predicted octanol–water partition coefficient (Wildman–Crippen LogP) is 2.86. The standard InChI is InChI=1S/C19H29NO4/c1-6-24-17-10-20(9-16(17)21)19(23)15-8-13(11(2)3)7-14(12(4)5)18(15)22/h7-8,11-12,16-17,21-22H,6,9-10H2,1-5H3/t16-,17-/m0/s1. The van der Waals surface area contributed by atoms with Crippen LogP contribution in [0.25, 0.3) is 0 Å². The number of rotatable bonds is 5. The number of amides is 1. The number of aromatic hydroxyl groups is 1. The van der Waals surface area contributed by atoms with Crippen LogP contribution in [0.4, 0.5) is 0 Å². The zero-order valence-corrected chi connectivity index (χ0v) is 15.2. The van der Waals surface area contributed by atoms with E-state index < -0.39 is 6.10 Å². The Morgan fingerprint density at radius 3 is 2.46 bits per heavy atom. The number of phenolic OH excluding ortho intramolecular Hbond substituents is 1. The van der Waals surface area contributed by atoms with E-state index in [-0.39, 0.29) is 36.1 Å². The lowest BCUT2D eigenvalue weighted by molar-refractivity contribution is -0.00237. The minimum Gasteiger partial charge on any atom is -0.507 e. The van der Waals surface area contributed by atoms with Gasteiger partial charge in [0.15, 0.2) is 0 Å². The molecule has 134 valence electrons. The highest BCUT2D eigenvalue weighted by Gasteiger charge is 2.36. The van der Waals surface area contributed by atoms with Gasteiger partial charge in [0, 0.05) is 19.7 Å². The molecule has 0 aromatic heterocycles. The minimum absolute atomic E-state index is 0.0498. The van der Waals surface area contributed by atoms with Crippen molar-refractivity contribution in [3.8, 4) is 5.75 Å². The molecule has 24 heavy (non-hydrogen) atoms. The summed E-state index contributed by atoms with van der Waals surface area (Å²) in [6.07, 6.45) is -1.05. The maximum absolute atomic E-state index is 12.9. The van der Waals surface area contributed by atoms with Crippen LogP contribution < -0.4 is 0 Å². The second-order valence-electron chi connectivity index (χ2n) is 7.09. The number of hydrogen-bond donors (Lipinski definition) is 2. The average Bonchev–Trinajstić information content (AvgIpc) is 2.88. The second-order valence-corrected chi connectivity index (χ2v) is 7.09. The van der Waals surface area contributed by atoms with Crippen molar-refractivity contribution in [3.63, 3.8) is 0 Å². The average molecular weight is 335 g/mol. The number of aliphatic hydroxyl groups is 1. The highest BCUT2D eigenvalue weighted by molar-refractivity contribution is 5.97. The number of likely N-dealkylation sites (tertiary alicyclic amines) is 1. The van der Waals surface area contributed by atoms with E-state index in [0.29, 0.717) is 18.7 Å². The predicted molar refractivity (Wildman–Crippen MR) is 93.6 cm³/mol. The van der Waals surface area contributed by atoms with E-state index in [9.17, 15) is 15.0 Å². The molecule has 0 radical (unpaired) electrons. The number of carbonyl (C=O) groups is 1. The Morgan fingerprint density at radius 2 is 1.92 bits per heavy atom. The Balaban J connectivity index is 2.35. The van der Waals surface area contributed by atoms with E-state index in [1.807, 2.05) is 26.8 Å². The van der Waals surface area contributed by atoms with Crippen molar-refractivity contribution in [2.45, 2.75) is 58.7 Å². The molecule has 2 atom stereocenters. The van der Waals surface area contributed by atoms with E-state index in [0.717, 1.165) is 11.1 Å². The third-order valence-electron chi connectivity index (χ3n) is 4.59. The molecule has 1 heterocycles. The third kappa shape index (κ3) is 3.73. The van der Waals surface area contributed by atoms with Crippen LogP contribution in [0.2, 0.25) is 0 Å². The molecule has 0 aliphatic carbocycles. The van der Waals surface area contributed by atoms with Crippen LogP contribution in [-0.2, 0) is 4.74 Å². The molecule has 0 bridgehead atoms. The second kappa shape index (κ2) is 7.53. The zero-order valence-electron chi connectivity index (χ0n) is 15.2. The summed E-state index contributed by atoms with van der Waals surface area (Å²) in [4.78, 5) is 14.5. The van der Waals surface area contributed by atoms with Gasteiger partial charge in [-0.25, -0.2) is 0 Å². The van der Waals surface area contributed by atoms with Crippen molar-refractivity contribution in [1.29, 1.82) is 0 Å². The van der Waals surface area contributed by atoms with E-state index in [2.05, 4.69) is 13.8 Å². The lowest BCUT2D eigenvalue weighted by Gasteiger charge is -2.21. The summed E-state index contributed by atoms with van der Waals surface area (Å²) >= 11 is 0. The number of phenols is 1. The van der Waals surface area contributed by atoms with E-state index >= 15 is 0 Å². The lowest BCUT2D eigenvalue weighted by Crippen LogP contribution is -2.30. The van der Waals surface area contributed by atoms with Crippen LogP contribution in [0.15, 0.2) is 12.1 Å². The summed E-state index contributed by atoms with van der Waals surface area (Å²) in [7, 11) is 0.